The fourth-order valence-corrected chi connectivity index (χ4v) is 2.55. The highest BCUT2D eigenvalue weighted by atomic mass is 79.9. The number of carbonyl (C=O) groups is 1. The molecule has 0 aliphatic heterocycles. The molecule has 6 heteroatoms. The van der Waals surface area contributed by atoms with Crippen molar-refractivity contribution < 1.29 is 22.4 Å². The Morgan fingerprint density at radius 1 is 1.37 bits per heavy atom. The smallest absolute Gasteiger partial charge is 0.298 e. The molecule has 1 aromatic carbocycles. The summed E-state index contributed by atoms with van der Waals surface area (Å²) in [5.41, 5.74) is -0.992. The van der Waals surface area contributed by atoms with E-state index in [0.717, 1.165) is 25.0 Å². The molecule has 0 saturated heterocycles. The van der Waals surface area contributed by atoms with Gasteiger partial charge >= 0.3 is 6.18 Å². The van der Waals surface area contributed by atoms with Crippen LogP contribution in [-0.2, 0) is 17.4 Å². The van der Waals surface area contributed by atoms with Gasteiger partial charge in [0.05, 0.1) is 10.4 Å². The van der Waals surface area contributed by atoms with Crippen molar-refractivity contribution >= 4 is 21.7 Å². The number of Topliss-reactive ketones (excluding diaryl/α,β-unsaturated/α-hetero) is 1. The van der Waals surface area contributed by atoms with E-state index in [2.05, 4.69) is 15.9 Å². The first-order valence-electron chi connectivity index (χ1n) is 5.82. The molecule has 0 bridgehead atoms. The maximum atomic E-state index is 13.5. The van der Waals surface area contributed by atoms with Crippen LogP contribution >= 0.6 is 15.9 Å². The number of hydrogen-bond acceptors (Lipinski definition) is 1. The predicted octanol–water partition coefficient (Wildman–Crippen LogP) is 4.13. The zero-order chi connectivity index (χ0) is 14.2. The molecule has 104 valence electrons. The van der Waals surface area contributed by atoms with Gasteiger partial charge in [0.2, 0.25) is 0 Å². The lowest BCUT2D eigenvalue weighted by Gasteiger charge is -2.12. The first-order valence-corrected chi connectivity index (χ1v) is 6.74. The van der Waals surface area contributed by atoms with Gasteiger partial charge in [0.15, 0.2) is 0 Å². The molecule has 0 radical (unpaired) electrons. The van der Waals surface area contributed by atoms with Crippen LogP contribution < -0.4 is 0 Å². The second kappa shape index (κ2) is 5.23. The van der Waals surface area contributed by atoms with E-state index < -0.39 is 22.4 Å². The number of halogens is 5. The third-order valence-corrected chi connectivity index (χ3v) is 3.84. The predicted molar refractivity (Wildman–Crippen MR) is 65.6 cm³/mol. The highest BCUT2D eigenvalue weighted by Crippen LogP contribution is 2.34. The molecule has 0 heterocycles. The Balaban J connectivity index is 2.16. The van der Waals surface area contributed by atoms with Gasteiger partial charge in [-0.25, -0.2) is 4.39 Å². The Morgan fingerprint density at radius 3 is 2.53 bits per heavy atom. The van der Waals surface area contributed by atoms with Gasteiger partial charge in [-0.05, 0) is 43.0 Å². The van der Waals surface area contributed by atoms with Crippen LogP contribution in [-0.4, -0.2) is 10.6 Å². The lowest BCUT2D eigenvalue weighted by Crippen LogP contribution is -2.19. The van der Waals surface area contributed by atoms with Gasteiger partial charge in [-0.3, -0.25) is 4.79 Å². The molecule has 1 nitrogen and oxygen atoms in total. The number of alkyl halides is 4. The molecule has 1 aliphatic rings. The molecule has 1 aliphatic carbocycles. The van der Waals surface area contributed by atoms with Gasteiger partial charge in [0.1, 0.15) is 11.6 Å². The average Bonchev–Trinajstić information content (AvgIpc) is 3.13. The molecule has 2 rings (SSSR count). The molecule has 0 aromatic heterocycles. The van der Waals surface area contributed by atoms with E-state index in [4.69, 9.17) is 0 Å². The van der Waals surface area contributed by atoms with Crippen LogP contribution in [0.15, 0.2) is 18.2 Å². The highest BCUT2D eigenvalue weighted by molar-refractivity contribution is 9.10. The number of ketones is 1. The monoisotopic (exact) mass is 338 g/mol. The maximum absolute atomic E-state index is 13.5. The Kier molecular flexibility index (Phi) is 3.99. The summed E-state index contributed by atoms with van der Waals surface area (Å²) in [6.45, 7) is 0. The SMILES string of the molecule is O=C(C(Br)Cc1cc(C(F)(F)F)ccc1F)C1CC1. The van der Waals surface area contributed by atoms with Gasteiger partial charge in [-0.2, -0.15) is 13.2 Å². The lowest BCUT2D eigenvalue weighted by molar-refractivity contribution is -0.137. The fraction of sp³-hybridized carbons (Fsp3) is 0.462. The van der Waals surface area contributed by atoms with Gasteiger partial charge in [0, 0.05) is 5.92 Å². The summed E-state index contributed by atoms with van der Waals surface area (Å²) in [7, 11) is 0. The number of hydrogen-bond donors (Lipinski definition) is 0. The number of carbonyl (C=O) groups excluding carboxylic acids is 1. The van der Waals surface area contributed by atoms with Crippen LogP contribution in [0.3, 0.4) is 0 Å². The molecule has 1 aromatic rings. The van der Waals surface area contributed by atoms with Crippen LogP contribution in [0.2, 0.25) is 0 Å². The second-order valence-corrected chi connectivity index (χ2v) is 5.76. The zero-order valence-electron chi connectivity index (χ0n) is 9.81. The van der Waals surface area contributed by atoms with Crippen molar-refractivity contribution in [1.82, 2.24) is 0 Å². The molecule has 1 fully saturated rings. The summed E-state index contributed by atoms with van der Waals surface area (Å²) in [4.78, 5) is 11.1. The van der Waals surface area contributed by atoms with Crippen molar-refractivity contribution in [2.24, 2.45) is 5.92 Å². The summed E-state index contributed by atoms with van der Waals surface area (Å²) in [6, 6.07) is 2.26. The quantitative estimate of drug-likeness (QED) is 0.596. The van der Waals surface area contributed by atoms with Crippen LogP contribution in [0.25, 0.3) is 0 Å². The Labute approximate surface area is 116 Å². The zero-order valence-corrected chi connectivity index (χ0v) is 11.4. The topological polar surface area (TPSA) is 17.1 Å². The highest BCUT2D eigenvalue weighted by Gasteiger charge is 2.35. The molecule has 19 heavy (non-hydrogen) atoms. The fourth-order valence-electron chi connectivity index (χ4n) is 1.82. The summed E-state index contributed by atoms with van der Waals surface area (Å²) in [6.07, 6.45) is -2.95. The van der Waals surface area contributed by atoms with Crippen molar-refractivity contribution in [3.8, 4) is 0 Å². The minimum absolute atomic E-state index is 0.0155. The average molecular weight is 339 g/mol. The summed E-state index contributed by atoms with van der Waals surface area (Å²) < 4.78 is 51.1. The standard InChI is InChI=1S/C13H11BrF4O/c14-10(12(19)7-1-2-7)6-8-5-9(13(16,17)18)3-4-11(8)15/h3-5,7,10H,1-2,6H2. The molecule has 1 saturated carbocycles. The molecular formula is C13H11BrF4O. The van der Waals surface area contributed by atoms with Crippen molar-refractivity contribution in [2.75, 3.05) is 0 Å². The van der Waals surface area contributed by atoms with Gasteiger partial charge in [-0.1, -0.05) is 15.9 Å². The van der Waals surface area contributed by atoms with E-state index >= 15 is 0 Å². The normalized spacial score (nSPS) is 17.3. The largest absolute Gasteiger partial charge is 0.416 e. The van der Waals surface area contributed by atoms with Gasteiger partial charge in [0.25, 0.3) is 0 Å². The first kappa shape index (κ1) is 14.5. The van der Waals surface area contributed by atoms with Crippen molar-refractivity contribution in [3.05, 3.63) is 35.1 Å². The van der Waals surface area contributed by atoms with Crippen molar-refractivity contribution in [3.63, 3.8) is 0 Å². The summed E-state index contributed by atoms with van der Waals surface area (Å²) in [5, 5.41) is 0. The van der Waals surface area contributed by atoms with E-state index in [0.29, 0.717) is 6.07 Å². The minimum Gasteiger partial charge on any atom is -0.298 e. The van der Waals surface area contributed by atoms with Crippen molar-refractivity contribution in [1.29, 1.82) is 0 Å². The Hall–Kier alpha value is -0.910. The number of rotatable bonds is 4. The van der Waals surface area contributed by atoms with Gasteiger partial charge in [-0.15, -0.1) is 0 Å². The molecule has 1 unspecified atom stereocenters. The molecule has 0 spiro atoms. The molecule has 0 N–H and O–H groups in total. The van der Waals surface area contributed by atoms with E-state index in [1.165, 1.54) is 0 Å². The van der Waals surface area contributed by atoms with Crippen LogP contribution in [0.1, 0.15) is 24.0 Å². The lowest BCUT2D eigenvalue weighted by atomic mass is 10.0. The maximum Gasteiger partial charge on any atom is 0.416 e. The van der Waals surface area contributed by atoms with Gasteiger partial charge < -0.3 is 0 Å². The van der Waals surface area contributed by atoms with Crippen LogP contribution in [0, 0.1) is 11.7 Å². The molecule has 0 amide bonds. The summed E-state index contributed by atoms with van der Waals surface area (Å²) >= 11 is 3.13. The minimum atomic E-state index is -4.51. The Morgan fingerprint density at radius 2 is 2.00 bits per heavy atom. The number of benzene rings is 1. The van der Waals surface area contributed by atoms with E-state index in [9.17, 15) is 22.4 Å². The van der Waals surface area contributed by atoms with Crippen LogP contribution in [0.5, 0.6) is 0 Å². The Bertz CT molecular complexity index is 494. The summed E-state index contributed by atoms with van der Waals surface area (Å²) in [5.74, 6) is -0.795. The van der Waals surface area contributed by atoms with Crippen LogP contribution in [0.4, 0.5) is 17.6 Å². The van der Waals surface area contributed by atoms with Crippen molar-refractivity contribution in [2.45, 2.75) is 30.3 Å². The molecule has 1 atom stereocenters. The van der Waals surface area contributed by atoms with E-state index in [1.54, 1.807) is 0 Å². The molecular weight excluding hydrogens is 328 g/mol. The van der Waals surface area contributed by atoms with E-state index in [1.807, 2.05) is 0 Å². The third-order valence-electron chi connectivity index (χ3n) is 3.06. The third kappa shape index (κ3) is 3.55. The van der Waals surface area contributed by atoms with E-state index in [-0.39, 0.29) is 23.7 Å². The second-order valence-electron chi connectivity index (χ2n) is 4.65. The first-order chi connectivity index (χ1) is 8.79.